The molecule has 5 nitrogen and oxygen atoms in total. The van der Waals surface area contributed by atoms with Gasteiger partial charge in [0.2, 0.25) is 0 Å². The van der Waals surface area contributed by atoms with E-state index in [4.69, 9.17) is 15.2 Å². The van der Waals surface area contributed by atoms with Gasteiger partial charge in [0.25, 0.3) is 0 Å². The fourth-order valence-corrected chi connectivity index (χ4v) is 1.99. The molecule has 0 fully saturated rings. The zero-order valence-electron chi connectivity index (χ0n) is 11.7. The van der Waals surface area contributed by atoms with Crippen molar-refractivity contribution in [1.82, 2.24) is 9.55 Å². The quantitative estimate of drug-likeness (QED) is 0.919. The van der Waals surface area contributed by atoms with E-state index in [1.165, 1.54) is 0 Å². The maximum absolute atomic E-state index is 6.16. The van der Waals surface area contributed by atoms with Crippen LogP contribution in [0.25, 0.3) is 11.3 Å². The molecule has 1 aromatic heterocycles. The van der Waals surface area contributed by atoms with Gasteiger partial charge in [0, 0.05) is 11.6 Å². The van der Waals surface area contributed by atoms with E-state index in [2.05, 4.69) is 18.8 Å². The summed E-state index contributed by atoms with van der Waals surface area (Å²) in [5, 5.41) is 0. The van der Waals surface area contributed by atoms with Crippen LogP contribution < -0.4 is 15.2 Å². The molecular formula is C14H19N3O2. The van der Waals surface area contributed by atoms with Gasteiger partial charge in [0.1, 0.15) is 23.0 Å². The number of nitrogens with two attached hydrogens (primary N) is 1. The van der Waals surface area contributed by atoms with Gasteiger partial charge in [-0.05, 0) is 32.0 Å². The molecule has 0 aliphatic rings. The minimum atomic E-state index is 0.262. The molecule has 0 amide bonds. The Labute approximate surface area is 113 Å². The first-order valence-electron chi connectivity index (χ1n) is 6.13. The predicted molar refractivity (Wildman–Crippen MR) is 75.6 cm³/mol. The van der Waals surface area contributed by atoms with Crippen LogP contribution in [-0.4, -0.2) is 23.8 Å². The number of imidazole rings is 1. The molecule has 0 atom stereocenters. The maximum atomic E-state index is 6.16. The molecule has 0 radical (unpaired) electrons. The summed E-state index contributed by atoms with van der Waals surface area (Å²) in [6, 6.07) is 5.83. The number of hydrogen-bond donors (Lipinski definition) is 1. The van der Waals surface area contributed by atoms with Gasteiger partial charge in [0.05, 0.1) is 20.5 Å². The van der Waals surface area contributed by atoms with Crippen molar-refractivity contribution in [2.75, 3.05) is 20.0 Å². The molecule has 5 heteroatoms. The lowest BCUT2D eigenvalue weighted by molar-refractivity contribution is 0.404. The molecule has 102 valence electrons. The highest BCUT2D eigenvalue weighted by Gasteiger charge is 2.16. The highest BCUT2D eigenvalue weighted by Crippen LogP contribution is 2.36. The number of hydrogen-bond acceptors (Lipinski definition) is 4. The van der Waals surface area contributed by atoms with Crippen molar-refractivity contribution < 1.29 is 9.47 Å². The van der Waals surface area contributed by atoms with Crippen molar-refractivity contribution in [3.63, 3.8) is 0 Å². The van der Waals surface area contributed by atoms with Crippen LogP contribution in [0.3, 0.4) is 0 Å². The molecule has 0 saturated heterocycles. The highest BCUT2D eigenvalue weighted by atomic mass is 16.5. The Kier molecular flexibility index (Phi) is 3.64. The Morgan fingerprint density at radius 1 is 1.21 bits per heavy atom. The van der Waals surface area contributed by atoms with E-state index in [-0.39, 0.29) is 6.04 Å². The Balaban J connectivity index is 2.57. The summed E-state index contributed by atoms with van der Waals surface area (Å²) >= 11 is 0. The molecular weight excluding hydrogens is 242 g/mol. The third kappa shape index (κ3) is 2.36. The standard InChI is InChI=1S/C14H19N3O2/c1-9(2)17-8-16-13(14(17)15)11-7-10(18-3)5-6-12(11)19-4/h5-9H,15H2,1-4H3. The van der Waals surface area contributed by atoms with Crippen molar-refractivity contribution in [3.05, 3.63) is 24.5 Å². The van der Waals surface area contributed by atoms with Crippen LogP contribution in [0.4, 0.5) is 5.82 Å². The number of ether oxygens (including phenoxy) is 2. The SMILES string of the molecule is COc1ccc(OC)c(-c2ncn(C(C)C)c2N)c1. The lowest BCUT2D eigenvalue weighted by atomic mass is 10.1. The molecule has 2 N–H and O–H groups in total. The topological polar surface area (TPSA) is 62.3 Å². The molecule has 1 aromatic carbocycles. The fourth-order valence-electron chi connectivity index (χ4n) is 1.99. The van der Waals surface area contributed by atoms with Crippen molar-refractivity contribution >= 4 is 5.82 Å². The molecule has 2 rings (SSSR count). The van der Waals surface area contributed by atoms with E-state index in [0.29, 0.717) is 11.5 Å². The second kappa shape index (κ2) is 5.22. The number of nitrogen functional groups attached to an aromatic ring is 1. The van der Waals surface area contributed by atoms with E-state index in [9.17, 15) is 0 Å². The largest absolute Gasteiger partial charge is 0.497 e. The lowest BCUT2D eigenvalue weighted by Crippen LogP contribution is -2.04. The van der Waals surface area contributed by atoms with E-state index in [0.717, 1.165) is 17.1 Å². The zero-order chi connectivity index (χ0) is 14.0. The van der Waals surface area contributed by atoms with Crippen LogP contribution in [0.15, 0.2) is 24.5 Å². The second-order valence-corrected chi connectivity index (χ2v) is 4.55. The third-order valence-electron chi connectivity index (χ3n) is 3.05. The zero-order valence-corrected chi connectivity index (χ0v) is 11.7. The molecule has 0 aliphatic heterocycles. The van der Waals surface area contributed by atoms with Crippen molar-refractivity contribution in [3.8, 4) is 22.8 Å². The Morgan fingerprint density at radius 3 is 2.47 bits per heavy atom. The molecule has 19 heavy (non-hydrogen) atoms. The van der Waals surface area contributed by atoms with E-state index in [1.807, 2.05) is 22.8 Å². The van der Waals surface area contributed by atoms with Gasteiger partial charge in [-0.2, -0.15) is 0 Å². The monoisotopic (exact) mass is 261 g/mol. The summed E-state index contributed by atoms with van der Waals surface area (Å²) in [7, 11) is 3.25. The second-order valence-electron chi connectivity index (χ2n) is 4.55. The van der Waals surface area contributed by atoms with Gasteiger partial charge in [0.15, 0.2) is 0 Å². The number of benzene rings is 1. The van der Waals surface area contributed by atoms with Crippen molar-refractivity contribution in [2.45, 2.75) is 19.9 Å². The average Bonchev–Trinajstić information content (AvgIpc) is 2.79. The summed E-state index contributed by atoms with van der Waals surface area (Å²) in [5.74, 6) is 2.09. The molecule has 1 heterocycles. The van der Waals surface area contributed by atoms with Crippen LogP contribution in [0.2, 0.25) is 0 Å². The van der Waals surface area contributed by atoms with Gasteiger partial charge >= 0.3 is 0 Å². The van der Waals surface area contributed by atoms with Crippen LogP contribution in [0.5, 0.6) is 11.5 Å². The average molecular weight is 261 g/mol. The summed E-state index contributed by atoms with van der Waals surface area (Å²) in [6.07, 6.45) is 1.74. The minimum Gasteiger partial charge on any atom is -0.497 e. The number of rotatable bonds is 4. The van der Waals surface area contributed by atoms with Crippen molar-refractivity contribution in [1.29, 1.82) is 0 Å². The molecule has 0 bridgehead atoms. The van der Waals surface area contributed by atoms with Crippen LogP contribution in [0, 0.1) is 0 Å². The van der Waals surface area contributed by atoms with Gasteiger partial charge in [-0.15, -0.1) is 0 Å². The fraction of sp³-hybridized carbons (Fsp3) is 0.357. The first-order chi connectivity index (χ1) is 9.08. The summed E-state index contributed by atoms with van der Waals surface area (Å²) < 4.78 is 12.5. The van der Waals surface area contributed by atoms with Gasteiger partial charge in [-0.25, -0.2) is 4.98 Å². The first-order valence-corrected chi connectivity index (χ1v) is 6.13. The van der Waals surface area contributed by atoms with Gasteiger partial charge in [-0.3, -0.25) is 0 Å². The number of nitrogens with zero attached hydrogens (tertiary/aromatic N) is 2. The van der Waals surface area contributed by atoms with Crippen LogP contribution >= 0.6 is 0 Å². The van der Waals surface area contributed by atoms with Crippen LogP contribution in [0.1, 0.15) is 19.9 Å². The smallest absolute Gasteiger partial charge is 0.131 e. The Bertz CT molecular complexity index is 576. The minimum absolute atomic E-state index is 0.262. The summed E-state index contributed by atoms with van der Waals surface area (Å²) in [6.45, 7) is 4.12. The number of methoxy groups -OCH3 is 2. The van der Waals surface area contributed by atoms with E-state index < -0.39 is 0 Å². The van der Waals surface area contributed by atoms with Gasteiger partial charge < -0.3 is 19.8 Å². The van der Waals surface area contributed by atoms with E-state index in [1.54, 1.807) is 20.5 Å². The highest BCUT2D eigenvalue weighted by molar-refractivity contribution is 5.76. The molecule has 0 aliphatic carbocycles. The van der Waals surface area contributed by atoms with Gasteiger partial charge in [-0.1, -0.05) is 0 Å². The number of aromatic nitrogens is 2. The Hall–Kier alpha value is -2.17. The number of anilines is 1. The molecule has 0 spiro atoms. The van der Waals surface area contributed by atoms with Crippen molar-refractivity contribution in [2.24, 2.45) is 0 Å². The molecule has 0 saturated carbocycles. The normalized spacial score (nSPS) is 10.8. The summed E-state index contributed by atoms with van der Waals surface area (Å²) in [4.78, 5) is 4.39. The molecule has 0 unspecified atom stereocenters. The molecule has 2 aromatic rings. The maximum Gasteiger partial charge on any atom is 0.131 e. The lowest BCUT2D eigenvalue weighted by Gasteiger charge is -2.11. The third-order valence-corrected chi connectivity index (χ3v) is 3.05. The predicted octanol–water partition coefficient (Wildman–Crippen LogP) is 2.73. The Morgan fingerprint density at radius 2 is 1.95 bits per heavy atom. The van der Waals surface area contributed by atoms with E-state index >= 15 is 0 Å². The summed E-state index contributed by atoms with van der Waals surface area (Å²) in [5.41, 5.74) is 7.70. The van der Waals surface area contributed by atoms with Crippen LogP contribution in [-0.2, 0) is 0 Å². The first kappa shape index (κ1) is 13.3.